The van der Waals surface area contributed by atoms with Gasteiger partial charge in [0.1, 0.15) is 0 Å². The minimum absolute atomic E-state index is 0. The zero-order valence-electron chi connectivity index (χ0n) is 11.5. The van der Waals surface area contributed by atoms with E-state index in [0.717, 1.165) is 19.4 Å². The van der Waals surface area contributed by atoms with Crippen LogP contribution in [0.2, 0.25) is 0 Å². The number of nitro groups is 1. The van der Waals surface area contributed by atoms with E-state index >= 15 is 0 Å². The van der Waals surface area contributed by atoms with E-state index in [2.05, 4.69) is 5.32 Å². The lowest BCUT2D eigenvalue weighted by Gasteiger charge is -2.23. The summed E-state index contributed by atoms with van der Waals surface area (Å²) in [6, 6.07) is 3.07. The molecular weight excluding hydrogens is 284 g/mol. The van der Waals surface area contributed by atoms with Gasteiger partial charge >= 0.3 is 5.82 Å². The Labute approximate surface area is 123 Å². The lowest BCUT2D eigenvalue weighted by atomic mass is 10.2. The van der Waals surface area contributed by atoms with Crippen LogP contribution in [0, 0.1) is 10.1 Å². The van der Waals surface area contributed by atoms with Gasteiger partial charge in [0.25, 0.3) is 5.91 Å². The Morgan fingerprint density at radius 3 is 2.80 bits per heavy atom. The molecule has 8 heteroatoms. The van der Waals surface area contributed by atoms with Crippen molar-refractivity contribution in [1.82, 2.24) is 14.8 Å². The quantitative estimate of drug-likeness (QED) is 0.669. The number of hydrogen-bond donors (Lipinski definition) is 1. The highest BCUT2D eigenvalue weighted by Gasteiger charge is 2.32. The highest BCUT2D eigenvalue weighted by atomic mass is 35.5. The number of likely N-dealkylation sites (N-methyl/N-ethyl adjacent to an activating group) is 1. The largest absolute Gasteiger partial charge is 0.358 e. The molecule has 0 bridgehead atoms. The standard InChI is InChI=1S/C12H18N4O3.ClH/c1-13-8-9-4-3-7-15(9)12(17)10-5-6-11(14(10)2)16(18)19;/h5-6,9,13H,3-4,7-8H2,1-2H3;1H. The Morgan fingerprint density at radius 2 is 2.25 bits per heavy atom. The minimum Gasteiger partial charge on any atom is -0.358 e. The van der Waals surface area contributed by atoms with Crippen LogP contribution in [-0.4, -0.2) is 46.5 Å². The maximum Gasteiger partial charge on any atom is 0.323 e. The van der Waals surface area contributed by atoms with E-state index in [-0.39, 0.29) is 30.2 Å². The first-order valence-electron chi connectivity index (χ1n) is 6.32. The fourth-order valence-electron chi connectivity index (χ4n) is 2.60. The number of halogens is 1. The van der Waals surface area contributed by atoms with E-state index in [0.29, 0.717) is 12.2 Å². The maximum atomic E-state index is 12.4. The van der Waals surface area contributed by atoms with Crippen molar-refractivity contribution in [2.24, 2.45) is 7.05 Å². The van der Waals surface area contributed by atoms with Gasteiger partial charge < -0.3 is 20.3 Å². The van der Waals surface area contributed by atoms with Crippen LogP contribution in [0.15, 0.2) is 12.1 Å². The van der Waals surface area contributed by atoms with E-state index in [1.165, 1.54) is 16.7 Å². The smallest absolute Gasteiger partial charge is 0.323 e. The second kappa shape index (κ2) is 6.71. The van der Waals surface area contributed by atoms with Gasteiger partial charge in [-0.25, -0.2) is 4.57 Å². The number of nitrogens with one attached hydrogen (secondary N) is 1. The Bertz CT molecular complexity index is 503. The third-order valence-corrected chi connectivity index (χ3v) is 3.58. The van der Waals surface area contributed by atoms with Crippen molar-refractivity contribution in [2.45, 2.75) is 18.9 Å². The number of carbonyl (C=O) groups excluding carboxylic acids is 1. The van der Waals surface area contributed by atoms with Crippen LogP contribution in [-0.2, 0) is 7.05 Å². The van der Waals surface area contributed by atoms with Crippen molar-refractivity contribution in [3.8, 4) is 0 Å². The Kier molecular flexibility index (Phi) is 5.52. The van der Waals surface area contributed by atoms with Gasteiger partial charge in [-0.05, 0) is 30.9 Å². The average molecular weight is 303 g/mol. The fraction of sp³-hybridized carbons (Fsp3) is 0.583. The van der Waals surface area contributed by atoms with Gasteiger partial charge in [0.15, 0.2) is 5.69 Å². The average Bonchev–Trinajstić information content (AvgIpc) is 2.95. The Morgan fingerprint density at radius 1 is 1.55 bits per heavy atom. The Balaban J connectivity index is 0.00000200. The normalized spacial score (nSPS) is 17.9. The van der Waals surface area contributed by atoms with Crippen LogP contribution >= 0.6 is 12.4 Å². The molecule has 0 saturated carbocycles. The number of hydrogen-bond acceptors (Lipinski definition) is 4. The van der Waals surface area contributed by atoms with E-state index in [9.17, 15) is 14.9 Å². The molecule has 1 unspecified atom stereocenters. The van der Waals surface area contributed by atoms with Crippen LogP contribution in [0.3, 0.4) is 0 Å². The van der Waals surface area contributed by atoms with Crippen molar-refractivity contribution < 1.29 is 9.72 Å². The van der Waals surface area contributed by atoms with Gasteiger partial charge in [0, 0.05) is 25.2 Å². The summed E-state index contributed by atoms with van der Waals surface area (Å²) < 4.78 is 1.34. The van der Waals surface area contributed by atoms with Gasteiger partial charge in [-0.1, -0.05) is 0 Å². The molecule has 0 aromatic carbocycles. The predicted molar refractivity (Wildman–Crippen MR) is 77.3 cm³/mol. The van der Waals surface area contributed by atoms with Crippen molar-refractivity contribution in [2.75, 3.05) is 20.1 Å². The van der Waals surface area contributed by atoms with Gasteiger partial charge in [0.05, 0.1) is 7.05 Å². The second-order valence-corrected chi connectivity index (χ2v) is 4.75. The minimum atomic E-state index is -0.480. The number of carbonyl (C=O) groups is 1. The van der Waals surface area contributed by atoms with Crippen LogP contribution < -0.4 is 5.32 Å². The first kappa shape index (κ1) is 16.5. The van der Waals surface area contributed by atoms with Crippen molar-refractivity contribution >= 4 is 24.1 Å². The van der Waals surface area contributed by atoms with Gasteiger partial charge in [0.2, 0.25) is 0 Å². The summed E-state index contributed by atoms with van der Waals surface area (Å²) >= 11 is 0. The van der Waals surface area contributed by atoms with Crippen LogP contribution in [0.5, 0.6) is 0 Å². The number of likely N-dealkylation sites (tertiary alicyclic amines) is 1. The molecule has 0 aliphatic carbocycles. The SMILES string of the molecule is CNCC1CCCN1C(=O)c1ccc([N+](=O)[O-])n1C.Cl. The predicted octanol–water partition coefficient (Wildman–Crippen LogP) is 1.18. The fourth-order valence-corrected chi connectivity index (χ4v) is 2.60. The summed E-state index contributed by atoms with van der Waals surface area (Å²) in [6.07, 6.45) is 1.95. The molecule has 1 aliphatic rings. The maximum absolute atomic E-state index is 12.4. The molecule has 1 atom stereocenters. The molecule has 1 N–H and O–H groups in total. The highest BCUT2D eigenvalue weighted by Crippen LogP contribution is 2.22. The molecule has 0 spiro atoms. The molecule has 2 rings (SSSR count). The van der Waals surface area contributed by atoms with Gasteiger partial charge in [-0.3, -0.25) is 4.79 Å². The lowest BCUT2D eigenvalue weighted by molar-refractivity contribution is -0.391. The Hall–Kier alpha value is -1.60. The summed E-state index contributed by atoms with van der Waals surface area (Å²) in [5.41, 5.74) is 0.370. The third kappa shape index (κ3) is 2.94. The monoisotopic (exact) mass is 302 g/mol. The molecule has 1 amide bonds. The highest BCUT2D eigenvalue weighted by molar-refractivity contribution is 5.93. The summed E-state index contributed by atoms with van der Waals surface area (Å²) in [5.74, 6) is -0.193. The molecule has 0 radical (unpaired) electrons. The van der Waals surface area contributed by atoms with Crippen molar-refractivity contribution in [3.63, 3.8) is 0 Å². The molecule has 112 valence electrons. The summed E-state index contributed by atoms with van der Waals surface area (Å²) in [7, 11) is 3.41. The number of aromatic nitrogens is 1. The first-order chi connectivity index (χ1) is 9.06. The molecule has 20 heavy (non-hydrogen) atoms. The molecule has 1 fully saturated rings. The van der Waals surface area contributed by atoms with Crippen molar-refractivity contribution in [1.29, 1.82) is 0 Å². The van der Waals surface area contributed by atoms with Gasteiger partial charge in [-0.2, -0.15) is 0 Å². The molecule has 1 aromatic rings. The first-order valence-corrected chi connectivity index (χ1v) is 6.32. The zero-order valence-corrected chi connectivity index (χ0v) is 12.4. The summed E-state index contributed by atoms with van der Waals surface area (Å²) in [6.45, 7) is 1.46. The van der Waals surface area contributed by atoms with E-state index in [1.807, 2.05) is 7.05 Å². The zero-order chi connectivity index (χ0) is 14.0. The van der Waals surface area contributed by atoms with Gasteiger partial charge in [-0.15, -0.1) is 12.4 Å². The molecule has 1 saturated heterocycles. The number of rotatable bonds is 4. The number of amides is 1. The molecule has 1 aliphatic heterocycles. The van der Waals surface area contributed by atoms with E-state index in [4.69, 9.17) is 0 Å². The molecular formula is C12H19ClN4O3. The molecule has 7 nitrogen and oxygen atoms in total. The van der Waals surface area contributed by atoms with Crippen LogP contribution in [0.4, 0.5) is 5.82 Å². The third-order valence-electron chi connectivity index (χ3n) is 3.58. The second-order valence-electron chi connectivity index (χ2n) is 4.75. The van der Waals surface area contributed by atoms with Crippen LogP contribution in [0.1, 0.15) is 23.3 Å². The topological polar surface area (TPSA) is 80.4 Å². The number of nitrogens with zero attached hydrogens (tertiary/aromatic N) is 3. The van der Waals surface area contributed by atoms with E-state index < -0.39 is 4.92 Å². The summed E-state index contributed by atoms with van der Waals surface area (Å²) in [5, 5.41) is 13.9. The van der Waals surface area contributed by atoms with Crippen LogP contribution in [0.25, 0.3) is 0 Å². The molecule has 1 aromatic heterocycles. The lowest BCUT2D eigenvalue weighted by Crippen LogP contribution is -2.41. The molecule has 2 heterocycles. The summed E-state index contributed by atoms with van der Waals surface area (Å²) in [4.78, 5) is 24.6. The van der Waals surface area contributed by atoms with E-state index in [1.54, 1.807) is 11.9 Å². The van der Waals surface area contributed by atoms with Crippen molar-refractivity contribution in [3.05, 3.63) is 27.9 Å².